The first-order chi connectivity index (χ1) is 17.9. The van der Waals surface area contributed by atoms with E-state index in [1.54, 1.807) is 86.8 Å². The minimum Gasteiger partial charge on any atom is -0.497 e. The van der Waals surface area contributed by atoms with E-state index >= 15 is 0 Å². The number of nitrogens with zero attached hydrogens (tertiary/aromatic N) is 2. The maximum atomic E-state index is 13.4. The van der Waals surface area contributed by atoms with Crippen LogP contribution in [0.4, 0.5) is 0 Å². The maximum Gasteiger partial charge on any atom is 0.272 e. The Balaban J connectivity index is 1.69. The van der Waals surface area contributed by atoms with E-state index in [1.165, 1.54) is 7.11 Å². The van der Waals surface area contributed by atoms with Gasteiger partial charge in [0.15, 0.2) is 6.04 Å². The number of hydrazone groups is 1. The first-order valence-corrected chi connectivity index (χ1v) is 11.3. The summed E-state index contributed by atoms with van der Waals surface area (Å²) < 4.78 is 10.6. The van der Waals surface area contributed by atoms with Crippen LogP contribution in [-0.2, 0) is 4.79 Å². The van der Waals surface area contributed by atoms with Crippen LogP contribution < -0.4 is 25.8 Å². The van der Waals surface area contributed by atoms with Crippen molar-refractivity contribution in [1.29, 1.82) is 0 Å². The van der Waals surface area contributed by atoms with Crippen molar-refractivity contribution in [3.05, 3.63) is 100.0 Å². The molecule has 0 aliphatic carbocycles. The van der Waals surface area contributed by atoms with Gasteiger partial charge >= 0.3 is 0 Å². The van der Waals surface area contributed by atoms with Gasteiger partial charge in [-0.15, -0.1) is 0 Å². The number of carbonyl (C=O) groups is 2. The van der Waals surface area contributed by atoms with Crippen LogP contribution in [-0.4, -0.2) is 41.9 Å². The Bertz CT molecular complexity index is 1530. The summed E-state index contributed by atoms with van der Waals surface area (Å²) in [5, 5.41) is 14.2. The molecule has 4 rings (SSSR count). The zero-order chi connectivity index (χ0) is 26.4. The zero-order valence-corrected chi connectivity index (χ0v) is 20.4. The first kappa shape index (κ1) is 25.1. The van der Waals surface area contributed by atoms with E-state index in [1.807, 2.05) is 0 Å². The summed E-state index contributed by atoms with van der Waals surface area (Å²) in [6.45, 7) is 1.70. The molecule has 0 fully saturated rings. The summed E-state index contributed by atoms with van der Waals surface area (Å²) in [5.41, 5.74) is 3.73. The van der Waals surface area contributed by atoms with Crippen molar-refractivity contribution in [2.45, 2.75) is 13.0 Å². The van der Waals surface area contributed by atoms with E-state index in [2.05, 4.69) is 26.0 Å². The summed E-state index contributed by atoms with van der Waals surface area (Å²) in [5.74, 6) is -0.0228. The standard InChI is InChI=1S/C27H25N5O5/c1-16(19-14-13-18(36-2)15-22(19)37-3)29-32-27(35)24(28-25(33)17-9-5-4-6-10-17)23-20-11-7-8-12-21(20)26(34)31-30-23/h4-15,24H,1-3H3,(H,28,33)(H,31,34)(H,32,35)/b29-16-/t24-/m0/s1. The number of aromatic nitrogens is 2. The van der Waals surface area contributed by atoms with Crippen molar-refractivity contribution in [3.63, 3.8) is 0 Å². The van der Waals surface area contributed by atoms with Gasteiger partial charge in [-0.3, -0.25) is 14.4 Å². The number of methoxy groups -OCH3 is 2. The van der Waals surface area contributed by atoms with Crippen LogP contribution in [0.5, 0.6) is 11.5 Å². The van der Waals surface area contributed by atoms with Crippen LogP contribution in [0.2, 0.25) is 0 Å². The Morgan fingerprint density at radius 3 is 2.35 bits per heavy atom. The van der Waals surface area contributed by atoms with E-state index in [0.717, 1.165) is 0 Å². The highest BCUT2D eigenvalue weighted by Gasteiger charge is 2.27. The molecule has 3 N–H and O–H groups in total. The van der Waals surface area contributed by atoms with Gasteiger partial charge < -0.3 is 14.8 Å². The highest BCUT2D eigenvalue weighted by Crippen LogP contribution is 2.25. The lowest BCUT2D eigenvalue weighted by molar-refractivity contribution is -0.123. The Morgan fingerprint density at radius 1 is 0.946 bits per heavy atom. The van der Waals surface area contributed by atoms with Crippen LogP contribution in [0.15, 0.2) is 82.7 Å². The molecular weight excluding hydrogens is 474 g/mol. The zero-order valence-electron chi connectivity index (χ0n) is 20.4. The highest BCUT2D eigenvalue weighted by atomic mass is 16.5. The van der Waals surface area contributed by atoms with Gasteiger partial charge in [-0.2, -0.15) is 10.2 Å². The van der Waals surface area contributed by atoms with Gasteiger partial charge in [-0.1, -0.05) is 36.4 Å². The molecule has 0 aliphatic rings. The fraction of sp³-hybridized carbons (Fsp3) is 0.148. The van der Waals surface area contributed by atoms with E-state index in [0.29, 0.717) is 39.1 Å². The van der Waals surface area contributed by atoms with Crippen molar-refractivity contribution < 1.29 is 19.1 Å². The van der Waals surface area contributed by atoms with E-state index < -0.39 is 23.4 Å². The third-order valence-electron chi connectivity index (χ3n) is 5.70. The lowest BCUT2D eigenvalue weighted by Crippen LogP contribution is -2.40. The topological polar surface area (TPSA) is 135 Å². The second-order valence-corrected chi connectivity index (χ2v) is 8.00. The second-order valence-electron chi connectivity index (χ2n) is 8.00. The molecule has 0 radical (unpaired) electrons. The van der Waals surface area contributed by atoms with Gasteiger partial charge in [-0.05, 0) is 37.3 Å². The SMILES string of the molecule is COc1ccc(/C(C)=N\NC(=O)[C@@H](NC(=O)c2ccccc2)c2n[nH]c(=O)c3ccccc23)c(OC)c1. The molecule has 0 spiro atoms. The molecule has 4 aromatic rings. The summed E-state index contributed by atoms with van der Waals surface area (Å²) in [7, 11) is 3.07. The van der Waals surface area contributed by atoms with Gasteiger partial charge in [-0.25, -0.2) is 10.5 Å². The predicted molar refractivity (Wildman–Crippen MR) is 139 cm³/mol. The Morgan fingerprint density at radius 2 is 1.65 bits per heavy atom. The molecule has 1 heterocycles. The number of aromatic amines is 1. The average molecular weight is 500 g/mol. The molecule has 37 heavy (non-hydrogen) atoms. The average Bonchev–Trinajstić information content (AvgIpc) is 2.95. The molecule has 188 valence electrons. The molecule has 1 aromatic heterocycles. The minimum atomic E-state index is -1.26. The molecule has 1 atom stereocenters. The van der Waals surface area contributed by atoms with Gasteiger partial charge in [0, 0.05) is 22.6 Å². The van der Waals surface area contributed by atoms with Gasteiger partial charge in [0.2, 0.25) is 0 Å². The molecule has 0 bridgehead atoms. The Hall–Kier alpha value is -4.99. The van der Waals surface area contributed by atoms with Crippen LogP contribution in [0.3, 0.4) is 0 Å². The summed E-state index contributed by atoms with van der Waals surface area (Å²) in [6.07, 6.45) is 0. The van der Waals surface area contributed by atoms with Crippen molar-refractivity contribution in [2.75, 3.05) is 14.2 Å². The smallest absolute Gasteiger partial charge is 0.272 e. The number of hydrogen-bond acceptors (Lipinski definition) is 7. The van der Waals surface area contributed by atoms with Crippen LogP contribution in [0.25, 0.3) is 10.8 Å². The number of carbonyl (C=O) groups excluding carboxylic acids is 2. The van der Waals surface area contributed by atoms with Gasteiger partial charge in [0.05, 0.1) is 25.3 Å². The van der Waals surface area contributed by atoms with E-state index in [9.17, 15) is 14.4 Å². The third kappa shape index (κ3) is 5.48. The molecule has 0 saturated heterocycles. The molecule has 10 nitrogen and oxygen atoms in total. The van der Waals surface area contributed by atoms with Crippen LogP contribution in [0, 0.1) is 0 Å². The third-order valence-corrected chi connectivity index (χ3v) is 5.70. The molecule has 0 aliphatic heterocycles. The minimum absolute atomic E-state index is 0.173. The fourth-order valence-electron chi connectivity index (χ4n) is 3.78. The summed E-state index contributed by atoms with van der Waals surface area (Å²) in [4.78, 5) is 38.7. The summed E-state index contributed by atoms with van der Waals surface area (Å²) >= 11 is 0. The van der Waals surface area contributed by atoms with Crippen molar-refractivity contribution in [2.24, 2.45) is 5.10 Å². The van der Waals surface area contributed by atoms with Crippen molar-refractivity contribution in [1.82, 2.24) is 20.9 Å². The number of hydrogen-bond donors (Lipinski definition) is 3. The van der Waals surface area contributed by atoms with Crippen LogP contribution in [0.1, 0.15) is 34.6 Å². The maximum absolute atomic E-state index is 13.4. The monoisotopic (exact) mass is 499 g/mol. The first-order valence-electron chi connectivity index (χ1n) is 11.3. The normalized spacial score (nSPS) is 12.0. The Labute approximate surface area is 212 Å². The fourth-order valence-corrected chi connectivity index (χ4v) is 3.78. The number of rotatable bonds is 8. The van der Waals surface area contributed by atoms with Gasteiger partial charge in [0.1, 0.15) is 17.2 Å². The molecule has 2 amide bonds. The molecule has 10 heteroatoms. The number of ether oxygens (including phenoxy) is 2. The highest BCUT2D eigenvalue weighted by molar-refractivity contribution is 6.03. The van der Waals surface area contributed by atoms with E-state index in [-0.39, 0.29) is 5.69 Å². The quantitative estimate of drug-likeness (QED) is 0.252. The molecule has 0 saturated carbocycles. The number of nitrogens with one attached hydrogen (secondary N) is 3. The largest absolute Gasteiger partial charge is 0.497 e. The Kier molecular flexibility index (Phi) is 7.58. The lowest BCUT2D eigenvalue weighted by Gasteiger charge is -2.18. The van der Waals surface area contributed by atoms with Crippen LogP contribution >= 0.6 is 0 Å². The second kappa shape index (κ2) is 11.2. The van der Waals surface area contributed by atoms with E-state index in [4.69, 9.17) is 9.47 Å². The number of H-pyrrole nitrogens is 1. The van der Waals surface area contributed by atoms with Crippen molar-refractivity contribution >= 4 is 28.3 Å². The molecular formula is C27H25N5O5. The predicted octanol–water partition coefficient (Wildman–Crippen LogP) is 2.95. The van der Waals surface area contributed by atoms with Crippen molar-refractivity contribution in [3.8, 4) is 11.5 Å². The number of fused-ring (bicyclic) bond motifs is 1. The summed E-state index contributed by atoms with van der Waals surface area (Å²) in [6, 6.07) is 19.1. The number of amides is 2. The molecule has 0 unspecified atom stereocenters. The number of benzene rings is 3. The molecule has 3 aromatic carbocycles. The van der Waals surface area contributed by atoms with Gasteiger partial charge in [0.25, 0.3) is 17.4 Å². The lowest BCUT2D eigenvalue weighted by atomic mass is 10.0.